The highest BCUT2D eigenvalue weighted by Crippen LogP contribution is 2.43. The summed E-state index contributed by atoms with van der Waals surface area (Å²) in [5, 5.41) is 14.0. The second-order valence-corrected chi connectivity index (χ2v) is 27.1. The highest BCUT2D eigenvalue weighted by atomic mass is 31.2. The van der Waals surface area contributed by atoms with E-state index in [-0.39, 0.29) is 19.1 Å². The number of aliphatic hydroxyl groups excluding tert-OH is 1. The van der Waals surface area contributed by atoms with E-state index in [1.54, 1.807) is 6.08 Å². The van der Waals surface area contributed by atoms with Crippen LogP contribution in [0.2, 0.25) is 0 Å². The molecule has 478 valence electrons. The Morgan fingerprint density at radius 1 is 0.420 bits per heavy atom. The van der Waals surface area contributed by atoms with Gasteiger partial charge >= 0.3 is 7.82 Å². The molecule has 0 saturated carbocycles. The number of carbonyl (C=O) groups excluding carboxylic acids is 1. The van der Waals surface area contributed by atoms with Gasteiger partial charge in [-0.3, -0.25) is 13.8 Å². The zero-order chi connectivity index (χ0) is 59.1. The van der Waals surface area contributed by atoms with E-state index in [4.69, 9.17) is 9.05 Å². The van der Waals surface area contributed by atoms with Crippen LogP contribution in [0.4, 0.5) is 0 Å². The van der Waals surface area contributed by atoms with Crippen LogP contribution in [0.5, 0.6) is 0 Å². The molecule has 0 aliphatic rings. The summed E-state index contributed by atoms with van der Waals surface area (Å²) in [5.41, 5.74) is 0. The number of allylic oxidation sites excluding steroid dienone is 7. The number of unbranched alkanes of at least 4 members (excludes halogenated alkanes) is 47. The number of carbonyl (C=O) groups is 1. The van der Waals surface area contributed by atoms with Crippen molar-refractivity contribution in [1.29, 1.82) is 0 Å². The van der Waals surface area contributed by atoms with Crippen molar-refractivity contribution >= 4 is 13.7 Å². The number of quaternary nitrogens is 1. The fourth-order valence-electron chi connectivity index (χ4n) is 10.7. The van der Waals surface area contributed by atoms with E-state index in [2.05, 4.69) is 55.6 Å². The molecule has 0 spiro atoms. The number of likely N-dealkylation sites (N-methyl/N-ethyl adjacent to an activating group) is 1. The number of nitrogens with one attached hydrogen (secondary N) is 1. The van der Waals surface area contributed by atoms with Gasteiger partial charge in [0, 0.05) is 6.42 Å². The van der Waals surface area contributed by atoms with Crippen molar-refractivity contribution in [3.8, 4) is 0 Å². The van der Waals surface area contributed by atoms with Crippen molar-refractivity contribution in [2.45, 2.75) is 366 Å². The number of phosphoric acid groups is 1. The Morgan fingerprint density at radius 3 is 1.06 bits per heavy atom. The van der Waals surface area contributed by atoms with Crippen LogP contribution in [0.1, 0.15) is 354 Å². The minimum atomic E-state index is -4.36. The van der Waals surface area contributed by atoms with E-state index in [0.29, 0.717) is 17.4 Å². The minimum absolute atomic E-state index is 0.0577. The third-order valence-corrected chi connectivity index (χ3v) is 17.3. The second-order valence-electron chi connectivity index (χ2n) is 25.6. The molecule has 3 unspecified atom stereocenters. The van der Waals surface area contributed by atoms with Gasteiger partial charge in [0.05, 0.1) is 39.9 Å². The number of phosphoric ester groups is 1. The first-order valence-corrected chi connectivity index (χ1v) is 37.0. The third-order valence-electron chi connectivity index (χ3n) is 16.3. The molecule has 0 aliphatic carbocycles. The van der Waals surface area contributed by atoms with E-state index < -0.39 is 20.0 Å². The maximum atomic E-state index is 13.0. The molecule has 0 bridgehead atoms. The Labute approximate surface area is 505 Å². The van der Waals surface area contributed by atoms with Crippen LogP contribution in [0, 0.1) is 0 Å². The third kappa shape index (κ3) is 65.9. The number of nitrogens with zero attached hydrogens (tertiary/aromatic N) is 1. The summed E-state index contributed by atoms with van der Waals surface area (Å²) in [6, 6.07) is -0.863. The highest BCUT2D eigenvalue weighted by molar-refractivity contribution is 7.47. The zero-order valence-electron chi connectivity index (χ0n) is 54.8. The maximum Gasteiger partial charge on any atom is 0.472 e. The Hall–Kier alpha value is -1.54. The molecule has 3 N–H and O–H groups in total. The van der Waals surface area contributed by atoms with Crippen molar-refractivity contribution in [2.75, 3.05) is 40.9 Å². The van der Waals surface area contributed by atoms with Crippen LogP contribution in [0.3, 0.4) is 0 Å². The molecular formula is C72H140N2O6P+. The van der Waals surface area contributed by atoms with E-state index in [1.807, 2.05) is 27.2 Å². The molecule has 8 nitrogen and oxygen atoms in total. The number of hydrogen-bond acceptors (Lipinski definition) is 5. The fourth-order valence-corrected chi connectivity index (χ4v) is 11.5. The lowest BCUT2D eigenvalue weighted by Crippen LogP contribution is -2.45. The summed E-state index contributed by atoms with van der Waals surface area (Å²) in [6.45, 7) is 4.83. The topological polar surface area (TPSA) is 105 Å². The Bertz CT molecular complexity index is 1460. The molecule has 3 atom stereocenters. The Balaban J connectivity index is 3.95. The monoisotopic (exact) mass is 1160 g/mol. The first kappa shape index (κ1) is 79.5. The molecule has 81 heavy (non-hydrogen) atoms. The quantitative estimate of drug-likeness (QED) is 0.0243. The summed E-state index contributed by atoms with van der Waals surface area (Å²) in [5.74, 6) is -0.180. The summed E-state index contributed by atoms with van der Waals surface area (Å²) in [6.07, 6.45) is 85.6. The lowest BCUT2D eigenvalue weighted by Gasteiger charge is -2.25. The van der Waals surface area contributed by atoms with Crippen LogP contribution >= 0.6 is 7.82 Å². The predicted octanol–water partition coefficient (Wildman–Crippen LogP) is 22.6. The normalized spacial score (nSPS) is 13.9. The van der Waals surface area contributed by atoms with Crippen molar-refractivity contribution in [3.63, 3.8) is 0 Å². The van der Waals surface area contributed by atoms with Gasteiger partial charge in [0.25, 0.3) is 0 Å². The SMILES string of the molecule is CCCCCCC/C=C\C/C=C\CCCCCCCCCCCCCCCCCCCCCCCCCCCCCC(=O)NC(COP(=O)(O)OCC[N+](C)(C)C)C(O)/C=C/CC/C=C/CCCCCCCCCCCCCCCC. The van der Waals surface area contributed by atoms with Gasteiger partial charge in [0.1, 0.15) is 13.2 Å². The largest absolute Gasteiger partial charge is 0.472 e. The van der Waals surface area contributed by atoms with Crippen LogP contribution < -0.4 is 5.32 Å². The van der Waals surface area contributed by atoms with Gasteiger partial charge in [-0.25, -0.2) is 4.57 Å². The summed E-state index contributed by atoms with van der Waals surface area (Å²) in [4.78, 5) is 23.4. The average molecular weight is 1160 g/mol. The first-order valence-electron chi connectivity index (χ1n) is 35.5. The zero-order valence-corrected chi connectivity index (χ0v) is 55.7. The van der Waals surface area contributed by atoms with E-state index >= 15 is 0 Å². The molecule has 0 fully saturated rings. The summed E-state index contributed by atoms with van der Waals surface area (Å²) in [7, 11) is 1.57. The minimum Gasteiger partial charge on any atom is -0.387 e. The molecule has 0 rings (SSSR count). The molecule has 0 aromatic carbocycles. The van der Waals surface area contributed by atoms with Crippen LogP contribution in [-0.2, 0) is 18.4 Å². The Kier molecular flexibility index (Phi) is 61.8. The van der Waals surface area contributed by atoms with E-state index in [0.717, 1.165) is 44.9 Å². The Morgan fingerprint density at radius 2 is 0.716 bits per heavy atom. The number of hydrogen-bond donors (Lipinski definition) is 3. The molecule has 0 aromatic heterocycles. The van der Waals surface area contributed by atoms with Gasteiger partial charge < -0.3 is 19.8 Å². The molecule has 1 amide bonds. The molecule has 0 heterocycles. The lowest BCUT2D eigenvalue weighted by atomic mass is 10.0. The van der Waals surface area contributed by atoms with Crippen LogP contribution in [-0.4, -0.2) is 73.4 Å². The lowest BCUT2D eigenvalue weighted by molar-refractivity contribution is -0.870. The van der Waals surface area contributed by atoms with Crippen LogP contribution in [0.15, 0.2) is 48.6 Å². The maximum absolute atomic E-state index is 13.0. The standard InChI is InChI=1S/C72H139N2O6P/c1-6-8-10-12-14-16-18-20-22-24-26-28-29-30-31-32-33-34-35-36-37-38-39-40-41-42-43-44-45-46-48-50-52-54-56-58-60-62-64-66-72(76)73-70(69-80-81(77,78)79-68-67-74(3,4)5)71(75)65-63-61-59-57-55-53-51-49-47-27-25-23-21-19-17-15-13-11-9-7-2/h18,20,24,26,55,57,63,65,70-71,75H,6-17,19,21-23,25,27-54,56,58-62,64,66-69H2,1-5H3,(H-,73,76,77,78)/p+1/b20-18-,26-24-,57-55+,65-63+. The fraction of sp³-hybridized carbons (Fsp3) is 0.875. The van der Waals surface area contributed by atoms with Crippen molar-refractivity contribution in [1.82, 2.24) is 5.32 Å². The van der Waals surface area contributed by atoms with Gasteiger partial charge in [-0.2, -0.15) is 0 Å². The predicted molar refractivity (Wildman–Crippen MR) is 355 cm³/mol. The van der Waals surface area contributed by atoms with Crippen molar-refractivity contribution in [3.05, 3.63) is 48.6 Å². The van der Waals surface area contributed by atoms with Gasteiger partial charge in [0.2, 0.25) is 5.91 Å². The van der Waals surface area contributed by atoms with Crippen LogP contribution in [0.25, 0.3) is 0 Å². The first-order chi connectivity index (χ1) is 39.5. The molecule has 0 radical (unpaired) electrons. The molecule has 9 heteroatoms. The molecule has 0 saturated heterocycles. The van der Waals surface area contributed by atoms with Crippen molar-refractivity contribution < 1.29 is 32.9 Å². The average Bonchev–Trinajstić information content (AvgIpc) is 3.43. The van der Waals surface area contributed by atoms with Gasteiger partial charge in [-0.05, 0) is 64.2 Å². The number of rotatable bonds is 66. The summed E-state index contributed by atoms with van der Waals surface area (Å²) >= 11 is 0. The summed E-state index contributed by atoms with van der Waals surface area (Å²) < 4.78 is 23.8. The smallest absolute Gasteiger partial charge is 0.387 e. The molecule has 0 aromatic rings. The van der Waals surface area contributed by atoms with Gasteiger partial charge in [-0.15, -0.1) is 0 Å². The van der Waals surface area contributed by atoms with Gasteiger partial charge in [0.15, 0.2) is 0 Å². The molecule has 0 aliphatic heterocycles. The van der Waals surface area contributed by atoms with Gasteiger partial charge in [-0.1, -0.05) is 332 Å². The highest BCUT2D eigenvalue weighted by Gasteiger charge is 2.28. The number of aliphatic hydroxyl groups is 1. The molecular weight excluding hydrogens is 1020 g/mol. The number of amides is 1. The van der Waals surface area contributed by atoms with E-state index in [9.17, 15) is 19.4 Å². The van der Waals surface area contributed by atoms with Crippen molar-refractivity contribution in [2.24, 2.45) is 0 Å². The van der Waals surface area contributed by atoms with E-state index in [1.165, 1.54) is 289 Å². The second kappa shape index (κ2) is 63.0.